The minimum atomic E-state index is -0.108. The second-order valence-corrected chi connectivity index (χ2v) is 8.42. The summed E-state index contributed by atoms with van der Waals surface area (Å²) in [5.41, 5.74) is 2.69. The Morgan fingerprint density at radius 2 is 2.09 bits per heavy atom. The van der Waals surface area contributed by atoms with Crippen LogP contribution in [0, 0.1) is 0 Å². The van der Waals surface area contributed by atoms with Crippen molar-refractivity contribution in [2.45, 2.75) is 6.42 Å². The van der Waals surface area contributed by atoms with Crippen molar-refractivity contribution < 1.29 is 9.53 Å². The zero-order chi connectivity index (χ0) is 24.5. The highest BCUT2D eigenvalue weighted by Gasteiger charge is 2.07. The lowest BCUT2D eigenvalue weighted by Crippen LogP contribution is -2.33. The number of aryl methyl sites for hydroxylation is 1. The molecule has 1 amide bonds. The number of nitrogens with zero attached hydrogens (tertiary/aromatic N) is 3. The number of hydrogen-bond acceptors (Lipinski definition) is 6. The Morgan fingerprint density at radius 3 is 2.89 bits per heavy atom. The molecule has 4 rings (SSSR count). The normalized spacial score (nSPS) is 13.1. The lowest BCUT2D eigenvalue weighted by atomic mass is 10.2. The average molecular weight is 474 g/mol. The summed E-state index contributed by atoms with van der Waals surface area (Å²) >= 11 is 0. The van der Waals surface area contributed by atoms with Gasteiger partial charge in [-0.15, -0.1) is 0 Å². The molecular weight excluding hydrogens is 442 g/mol. The van der Waals surface area contributed by atoms with Crippen LogP contribution in [0.3, 0.4) is 0 Å². The SMILES string of the molecule is Cn1c(=O)ccc2cc(OCCCN3C=CC(CNCCNC(=O)c4cccnc4)=CC3)ccc21. The zero-order valence-electron chi connectivity index (χ0n) is 19.9. The third-order valence-corrected chi connectivity index (χ3v) is 5.88. The number of aromatic nitrogens is 2. The lowest BCUT2D eigenvalue weighted by Gasteiger charge is -2.23. The molecule has 1 aliphatic rings. The number of hydrogen-bond donors (Lipinski definition) is 2. The summed E-state index contributed by atoms with van der Waals surface area (Å²) in [5.74, 6) is 0.707. The molecule has 0 radical (unpaired) electrons. The summed E-state index contributed by atoms with van der Waals surface area (Å²) in [6.45, 7) is 4.44. The third kappa shape index (κ3) is 6.80. The molecule has 8 heteroatoms. The molecule has 3 heterocycles. The zero-order valence-corrected chi connectivity index (χ0v) is 19.9. The fraction of sp³-hybridized carbons (Fsp3) is 0.296. The lowest BCUT2D eigenvalue weighted by molar-refractivity contribution is 0.0953. The van der Waals surface area contributed by atoms with Gasteiger partial charge in [0.2, 0.25) is 0 Å². The van der Waals surface area contributed by atoms with Gasteiger partial charge < -0.3 is 24.8 Å². The second kappa shape index (κ2) is 12.0. The first kappa shape index (κ1) is 24.2. The molecule has 2 N–H and O–H groups in total. The number of ether oxygens (including phenoxy) is 1. The molecule has 0 unspecified atom stereocenters. The molecule has 3 aromatic rings. The molecule has 0 saturated heterocycles. The number of fused-ring (bicyclic) bond motifs is 1. The molecule has 2 aromatic heterocycles. The van der Waals surface area contributed by atoms with Gasteiger partial charge in [0.05, 0.1) is 17.7 Å². The molecule has 0 atom stereocenters. The van der Waals surface area contributed by atoms with Crippen LogP contribution in [0.4, 0.5) is 0 Å². The predicted octanol–water partition coefficient (Wildman–Crippen LogP) is 2.48. The van der Waals surface area contributed by atoms with Gasteiger partial charge in [-0.05, 0) is 60.7 Å². The van der Waals surface area contributed by atoms with Gasteiger partial charge in [0, 0.05) is 63.6 Å². The summed E-state index contributed by atoms with van der Waals surface area (Å²) in [5, 5.41) is 7.24. The van der Waals surface area contributed by atoms with E-state index in [1.54, 1.807) is 42.2 Å². The van der Waals surface area contributed by atoms with Crippen molar-refractivity contribution in [1.29, 1.82) is 0 Å². The number of benzene rings is 1. The quantitative estimate of drug-likeness (QED) is 0.416. The molecule has 0 bridgehead atoms. The van der Waals surface area contributed by atoms with E-state index in [1.165, 1.54) is 5.57 Å². The molecule has 1 aliphatic heterocycles. The average Bonchev–Trinajstić information content (AvgIpc) is 2.90. The van der Waals surface area contributed by atoms with E-state index in [4.69, 9.17) is 4.74 Å². The molecule has 0 fully saturated rings. The summed E-state index contributed by atoms with van der Waals surface area (Å²) in [6, 6.07) is 12.7. The van der Waals surface area contributed by atoms with Crippen LogP contribution in [0.2, 0.25) is 0 Å². The molecule has 35 heavy (non-hydrogen) atoms. The summed E-state index contributed by atoms with van der Waals surface area (Å²) < 4.78 is 7.56. The largest absolute Gasteiger partial charge is 0.494 e. The van der Waals surface area contributed by atoms with Crippen molar-refractivity contribution in [2.75, 3.05) is 39.3 Å². The smallest absolute Gasteiger partial charge is 0.252 e. The fourth-order valence-corrected chi connectivity index (χ4v) is 3.87. The summed E-state index contributed by atoms with van der Waals surface area (Å²) in [6.07, 6.45) is 10.6. The van der Waals surface area contributed by atoms with Crippen LogP contribution >= 0.6 is 0 Å². The number of pyridine rings is 2. The number of carbonyl (C=O) groups excluding carboxylic acids is 1. The Bertz CT molecular complexity index is 1270. The van der Waals surface area contributed by atoms with Crippen LogP contribution in [-0.2, 0) is 7.05 Å². The van der Waals surface area contributed by atoms with E-state index >= 15 is 0 Å². The molecular formula is C27H31N5O3. The Morgan fingerprint density at radius 1 is 1.17 bits per heavy atom. The molecule has 0 spiro atoms. The Hall–Kier alpha value is -3.91. The van der Waals surface area contributed by atoms with Gasteiger partial charge in [-0.1, -0.05) is 6.08 Å². The predicted molar refractivity (Wildman–Crippen MR) is 138 cm³/mol. The van der Waals surface area contributed by atoms with E-state index in [0.717, 1.165) is 42.7 Å². The molecule has 182 valence electrons. The highest BCUT2D eigenvalue weighted by Crippen LogP contribution is 2.19. The topological polar surface area (TPSA) is 88.5 Å². The van der Waals surface area contributed by atoms with Gasteiger partial charge in [0.1, 0.15) is 5.75 Å². The van der Waals surface area contributed by atoms with Crippen LogP contribution < -0.4 is 20.9 Å². The van der Waals surface area contributed by atoms with E-state index in [0.29, 0.717) is 25.3 Å². The summed E-state index contributed by atoms with van der Waals surface area (Å²) in [4.78, 5) is 29.9. The molecule has 8 nitrogen and oxygen atoms in total. The van der Waals surface area contributed by atoms with E-state index in [2.05, 4.69) is 38.9 Å². The number of carbonyl (C=O) groups is 1. The highest BCUT2D eigenvalue weighted by molar-refractivity contribution is 5.93. The molecule has 0 aliphatic carbocycles. The van der Waals surface area contributed by atoms with E-state index in [-0.39, 0.29) is 11.5 Å². The van der Waals surface area contributed by atoms with Gasteiger partial charge in [0.15, 0.2) is 0 Å². The van der Waals surface area contributed by atoms with E-state index in [1.807, 2.05) is 24.3 Å². The van der Waals surface area contributed by atoms with Gasteiger partial charge in [-0.3, -0.25) is 14.6 Å². The third-order valence-electron chi connectivity index (χ3n) is 5.88. The highest BCUT2D eigenvalue weighted by atomic mass is 16.5. The van der Waals surface area contributed by atoms with Crippen LogP contribution in [0.5, 0.6) is 5.75 Å². The minimum Gasteiger partial charge on any atom is -0.494 e. The van der Waals surface area contributed by atoms with Crippen LogP contribution in [-0.4, -0.2) is 59.7 Å². The van der Waals surface area contributed by atoms with E-state index in [9.17, 15) is 9.59 Å². The van der Waals surface area contributed by atoms with Crippen molar-refractivity contribution in [3.63, 3.8) is 0 Å². The van der Waals surface area contributed by atoms with Crippen LogP contribution in [0.1, 0.15) is 16.8 Å². The minimum absolute atomic E-state index is 0.0148. The Balaban J connectivity index is 1.09. The first-order valence-electron chi connectivity index (χ1n) is 11.8. The maximum Gasteiger partial charge on any atom is 0.252 e. The van der Waals surface area contributed by atoms with Gasteiger partial charge in [-0.25, -0.2) is 0 Å². The number of nitrogens with one attached hydrogen (secondary N) is 2. The van der Waals surface area contributed by atoms with Crippen molar-refractivity contribution in [3.8, 4) is 5.75 Å². The monoisotopic (exact) mass is 473 g/mol. The summed E-state index contributed by atoms with van der Waals surface area (Å²) in [7, 11) is 1.78. The Labute approximate surface area is 204 Å². The molecule has 1 aromatic carbocycles. The maximum absolute atomic E-state index is 12.0. The van der Waals surface area contributed by atoms with Crippen molar-refractivity contribution in [3.05, 3.63) is 94.7 Å². The second-order valence-electron chi connectivity index (χ2n) is 8.42. The Kier molecular flexibility index (Phi) is 8.30. The standard InChI is InChI=1S/C27H31N5O3/c1-31-25-7-6-24(18-22(25)5-8-26(31)33)35-17-3-14-32-15-9-21(10-16-32)19-29-12-13-30-27(34)23-4-2-11-28-20-23/h2,4-11,15,18,20,29H,3,12-14,16-17,19H2,1H3,(H,30,34). The van der Waals surface area contributed by atoms with E-state index < -0.39 is 0 Å². The van der Waals surface area contributed by atoms with Crippen LogP contribution in [0.15, 0.2) is 83.6 Å². The van der Waals surface area contributed by atoms with Crippen molar-refractivity contribution in [1.82, 2.24) is 25.1 Å². The van der Waals surface area contributed by atoms with Gasteiger partial charge in [-0.2, -0.15) is 0 Å². The maximum atomic E-state index is 12.0. The van der Waals surface area contributed by atoms with Gasteiger partial charge in [0.25, 0.3) is 11.5 Å². The number of rotatable bonds is 11. The first-order chi connectivity index (χ1) is 17.1. The molecule has 0 saturated carbocycles. The fourth-order valence-electron chi connectivity index (χ4n) is 3.87. The number of amides is 1. The van der Waals surface area contributed by atoms with Gasteiger partial charge >= 0.3 is 0 Å². The van der Waals surface area contributed by atoms with Crippen LogP contribution in [0.25, 0.3) is 10.9 Å². The van der Waals surface area contributed by atoms with Crippen molar-refractivity contribution >= 4 is 16.8 Å². The first-order valence-corrected chi connectivity index (χ1v) is 11.8. The van der Waals surface area contributed by atoms with Crippen molar-refractivity contribution in [2.24, 2.45) is 7.05 Å².